The molecule has 2 aromatic rings. The normalized spacial score (nSPS) is 11.4. The SMILES string of the molecule is Cc1ocnc1-c1ccccc1CCC(=O)OC(C)(C)C. The topological polar surface area (TPSA) is 52.3 Å². The van der Waals surface area contributed by atoms with Crippen molar-refractivity contribution in [2.24, 2.45) is 0 Å². The Morgan fingerprint density at radius 1 is 1.29 bits per heavy atom. The lowest BCUT2D eigenvalue weighted by atomic mass is 10.00. The summed E-state index contributed by atoms with van der Waals surface area (Å²) < 4.78 is 10.6. The predicted molar refractivity (Wildman–Crippen MR) is 80.8 cm³/mol. The smallest absolute Gasteiger partial charge is 0.306 e. The molecule has 4 heteroatoms. The Bertz CT molecular complexity index is 623. The van der Waals surface area contributed by atoms with Crippen LogP contribution in [0.5, 0.6) is 0 Å². The first-order valence-corrected chi connectivity index (χ1v) is 7.07. The van der Waals surface area contributed by atoms with Gasteiger partial charge in [-0.15, -0.1) is 0 Å². The average molecular weight is 287 g/mol. The van der Waals surface area contributed by atoms with Crippen molar-refractivity contribution in [2.45, 2.75) is 46.1 Å². The van der Waals surface area contributed by atoms with Crippen molar-refractivity contribution >= 4 is 5.97 Å². The number of ether oxygens (including phenoxy) is 1. The van der Waals surface area contributed by atoms with Gasteiger partial charge in [-0.05, 0) is 39.7 Å². The lowest BCUT2D eigenvalue weighted by Gasteiger charge is -2.19. The van der Waals surface area contributed by atoms with Gasteiger partial charge in [0.1, 0.15) is 17.1 Å². The van der Waals surface area contributed by atoms with Gasteiger partial charge in [-0.3, -0.25) is 4.79 Å². The molecule has 0 bridgehead atoms. The van der Waals surface area contributed by atoms with Gasteiger partial charge in [0.15, 0.2) is 6.39 Å². The van der Waals surface area contributed by atoms with Crippen LogP contribution in [-0.2, 0) is 16.0 Å². The van der Waals surface area contributed by atoms with E-state index in [1.807, 2.05) is 52.0 Å². The number of oxazole rings is 1. The van der Waals surface area contributed by atoms with Crippen LogP contribution in [0.3, 0.4) is 0 Å². The zero-order chi connectivity index (χ0) is 15.5. The van der Waals surface area contributed by atoms with Gasteiger partial charge >= 0.3 is 5.97 Å². The molecule has 0 N–H and O–H groups in total. The van der Waals surface area contributed by atoms with E-state index in [0.717, 1.165) is 22.6 Å². The molecule has 1 aromatic carbocycles. The van der Waals surface area contributed by atoms with Crippen molar-refractivity contribution in [3.63, 3.8) is 0 Å². The summed E-state index contributed by atoms with van der Waals surface area (Å²) in [5.41, 5.74) is 2.46. The highest BCUT2D eigenvalue weighted by Gasteiger charge is 2.17. The molecule has 0 fully saturated rings. The minimum Gasteiger partial charge on any atom is -0.460 e. The Hall–Kier alpha value is -2.10. The fourth-order valence-corrected chi connectivity index (χ4v) is 2.16. The zero-order valence-electron chi connectivity index (χ0n) is 13.0. The Balaban J connectivity index is 2.12. The van der Waals surface area contributed by atoms with Gasteiger partial charge in [-0.2, -0.15) is 0 Å². The number of esters is 1. The van der Waals surface area contributed by atoms with E-state index >= 15 is 0 Å². The second-order valence-corrected chi connectivity index (χ2v) is 6.00. The molecule has 0 atom stereocenters. The maximum atomic E-state index is 11.8. The average Bonchev–Trinajstić information content (AvgIpc) is 2.81. The zero-order valence-corrected chi connectivity index (χ0v) is 13.0. The minimum absolute atomic E-state index is 0.186. The molecule has 4 nitrogen and oxygen atoms in total. The summed E-state index contributed by atoms with van der Waals surface area (Å²) in [5.74, 6) is 0.592. The van der Waals surface area contributed by atoms with E-state index in [1.165, 1.54) is 6.39 Å². The Morgan fingerprint density at radius 2 is 2.00 bits per heavy atom. The van der Waals surface area contributed by atoms with E-state index < -0.39 is 5.60 Å². The van der Waals surface area contributed by atoms with Crippen molar-refractivity contribution < 1.29 is 13.9 Å². The molecule has 0 amide bonds. The summed E-state index contributed by atoms with van der Waals surface area (Å²) in [6.45, 7) is 7.50. The molecule has 0 spiro atoms. The van der Waals surface area contributed by atoms with Crippen LogP contribution < -0.4 is 0 Å². The van der Waals surface area contributed by atoms with Crippen molar-refractivity contribution in [3.8, 4) is 11.3 Å². The fraction of sp³-hybridized carbons (Fsp3) is 0.412. The van der Waals surface area contributed by atoms with Crippen LogP contribution in [0.4, 0.5) is 0 Å². The standard InChI is InChI=1S/C17H21NO3/c1-12-16(18-11-20-12)14-8-6-5-7-13(14)9-10-15(19)21-17(2,3)4/h5-8,11H,9-10H2,1-4H3. The van der Waals surface area contributed by atoms with Gasteiger partial charge in [-0.1, -0.05) is 24.3 Å². The number of nitrogens with zero attached hydrogens (tertiary/aromatic N) is 1. The largest absolute Gasteiger partial charge is 0.460 e. The molecule has 0 radical (unpaired) electrons. The summed E-state index contributed by atoms with van der Waals surface area (Å²) in [6.07, 6.45) is 2.41. The molecule has 0 unspecified atom stereocenters. The van der Waals surface area contributed by atoms with Gasteiger partial charge in [0.25, 0.3) is 0 Å². The summed E-state index contributed by atoms with van der Waals surface area (Å²) in [5, 5.41) is 0. The van der Waals surface area contributed by atoms with E-state index in [0.29, 0.717) is 12.8 Å². The summed E-state index contributed by atoms with van der Waals surface area (Å²) in [4.78, 5) is 16.1. The third-order valence-electron chi connectivity index (χ3n) is 3.04. The Morgan fingerprint density at radius 3 is 2.62 bits per heavy atom. The highest BCUT2D eigenvalue weighted by atomic mass is 16.6. The number of hydrogen-bond donors (Lipinski definition) is 0. The van der Waals surface area contributed by atoms with Gasteiger partial charge in [0.05, 0.1) is 0 Å². The van der Waals surface area contributed by atoms with E-state index in [-0.39, 0.29) is 5.97 Å². The summed E-state index contributed by atoms with van der Waals surface area (Å²) in [7, 11) is 0. The van der Waals surface area contributed by atoms with E-state index in [9.17, 15) is 4.79 Å². The Kier molecular flexibility index (Phi) is 4.46. The van der Waals surface area contributed by atoms with Gasteiger partial charge in [0, 0.05) is 12.0 Å². The summed E-state index contributed by atoms with van der Waals surface area (Å²) in [6, 6.07) is 7.92. The molecule has 21 heavy (non-hydrogen) atoms. The van der Waals surface area contributed by atoms with Crippen LogP contribution in [-0.4, -0.2) is 16.6 Å². The maximum absolute atomic E-state index is 11.8. The highest BCUT2D eigenvalue weighted by molar-refractivity contribution is 5.71. The second kappa shape index (κ2) is 6.12. The fourth-order valence-electron chi connectivity index (χ4n) is 2.16. The minimum atomic E-state index is -0.445. The third kappa shape index (κ3) is 4.18. The molecule has 112 valence electrons. The van der Waals surface area contributed by atoms with Crippen LogP contribution in [0.2, 0.25) is 0 Å². The number of carbonyl (C=O) groups excluding carboxylic acids is 1. The second-order valence-electron chi connectivity index (χ2n) is 6.00. The number of hydrogen-bond acceptors (Lipinski definition) is 4. The van der Waals surface area contributed by atoms with E-state index in [1.54, 1.807) is 0 Å². The first-order valence-electron chi connectivity index (χ1n) is 7.07. The first kappa shape index (κ1) is 15.3. The molecular formula is C17H21NO3. The van der Waals surface area contributed by atoms with Crippen molar-refractivity contribution in [3.05, 3.63) is 42.0 Å². The van der Waals surface area contributed by atoms with Gasteiger partial charge < -0.3 is 9.15 Å². The molecule has 0 aliphatic carbocycles. The van der Waals surface area contributed by atoms with E-state index in [2.05, 4.69) is 4.98 Å². The highest BCUT2D eigenvalue weighted by Crippen LogP contribution is 2.26. The maximum Gasteiger partial charge on any atom is 0.306 e. The quantitative estimate of drug-likeness (QED) is 0.800. The van der Waals surface area contributed by atoms with Crippen LogP contribution in [0.15, 0.2) is 35.1 Å². The van der Waals surface area contributed by atoms with E-state index in [4.69, 9.17) is 9.15 Å². The van der Waals surface area contributed by atoms with Crippen LogP contribution >= 0.6 is 0 Å². The monoisotopic (exact) mass is 287 g/mol. The van der Waals surface area contributed by atoms with Crippen LogP contribution in [0, 0.1) is 6.92 Å². The number of aryl methyl sites for hydroxylation is 2. The number of aromatic nitrogens is 1. The molecule has 1 aromatic heterocycles. The predicted octanol–water partition coefficient (Wildman–Crippen LogP) is 3.92. The molecule has 1 heterocycles. The van der Waals surface area contributed by atoms with Gasteiger partial charge in [0.2, 0.25) is 0 Å². The summed E-state index contributed by atoms with van der Waals surface area (Å²) >= 11 is 0. The number of rotatable bonds is 4. The number of carbonyl (C=O) groups is 1. The molecular weight excluding hydrogens is 266 g/mol. The van der Waals surface area contributed by atoms with Crippen molar-refractivity contribution in [1.82, 2.24) is 4.98 Å². The Labute approximate surface area is 125 Å². The molecule has 0 aliphatic heterocycles. The third-order valence-corrected chi connectivity index (χ3v) is 3.04. The van der Waals surface area contributed by atoms with Gasteiger partial charge in [-0.25, -0.2) is 4.98 Å². The van der Waals surface area contributed by atoms with Crippen molar-refractivity contribution in [1.29, 1.82) is 0 Å². The lowest BCUT2D eigenvalue weighted by Crippen LogP contribution is -2.24. The van der Waals surface area contributed by atoms with Crippen LogP contribution in [0.1, 0.15) is 38.5 Å². The molecule has 0 aliphatic rings. The number of benzene rings is 1. The molecule has 0 saturated carbocycles. The lowest BCUT2D eigenvalue weighted by molar-refractivity contribution is -0.154. The molecule has 0 saturated heterocycles. The van der Waals surface area contributed by atoms with Crippen LogP contribution in [0.25, 0.3) is 11.3 Å². The molecule has 2 rings (SSSR count). The van der Waals surface area contributed by atoms with Crippen molar-refractivity contribution in [2.75, 3.05) is 0 Å². The first-order chi connectivity index (χ1) is 9.87.